The molecule has 0 unspecified atom stereocenters. The standard InChI is InChI=1S/C12H21NO2/c14-12(15)7-10-8-13(9-10)11-5-3-1-2-4-6-11/h10-11H,1-9H2,(H,14,15). The average Bonchev–Trinajstić information content (AvgIpc) is 2.38. The number of likely N-dealkylation sites (tertiary alicyclic amines) is 1. The number of nitrogens with zero attached hydrogens (tertiary/aromatic N) is 1. The zero-order chi connectivity index (χ0) is 10.7. The monoisotopic (exact) mass is 211 g/mol. The van der Waals surface area contributed by atoms with Crippen LogP contribution in [0.3, 0.4) is 0 Å². The smallest absolute Gasteiger partial charge is 0.303 e. The van der Waals surface area contributed by atoms with Crippen LogP contribution in [0, 0.1) is 5.92 Å². The van der Waals surface area contributed by atoms with Crippen LogP contribution in [0.4, 0.5) is 0 Å². The normalized spacial score (nSPS) is 25.9. The molecule has 1 heterocycles. The fourth-order valence-electron chi connectivity index (χ4n) is 2.91. The molecule has 0 aromatic heterocycles. The maximum Gasteiger partial charge on any atom is 0.303 e. The van der Waals surface area contributed by atoms with E-state index in [1.807, 2.05) is 0 Å². The van der Waals surface area contributed by atoms with E-state index in [9.17, 15) is 4.79 Å². The molecule has 2 fully saturated rings. The minimum absolute atomic E-state index is 0.364. The lowest BCUT2D eigenvalue weighted by Gasteiger charge is -2.44. The van der Waals surface area contributed by atoms with Crippen LogP contribution in [-0.4, -0.2) is 35.1 Å². The lowest BCUT2D eigenvalue weighted by Crippen LogP contribution is -2.52. The van der Waals surface area contributed by atoms with Gasteiger partial charge in [-0.2, -0.15) is 0 Å². The van der Waals surface area contributed by atoms with Crippen molar-refractivity contribution in [1.82, 2.24) is 4.90 Å². The van der Waals surface area contributed by atoms with Crippen LogP contribution in [-0.2, 0) is 4.79 Å². The SMILES string of the molecule is O=C(O)CC1CN(C2CCCCCC2)C1. The molecule has 0 atom stereocenters. The summed E-state index contributed by atoms with van der Waals surface area (Å²) in [6.45, 7) is 2.05. The molecular formula is C12H21NO2. The first-order chi connectivity index (χ1) is 7.25. The van der Waals surface area contributed by atoms with Crippen molar-refractivity contribution in [2.24, 2.45) is 5.92 Å². The number of rotatable bonds is 3. The molecule has 2 aliphatic rings. The summed E-state index contributed by atoms with van der Waals surface area (Å²) in [6.07, 6.45) is 8.55. The van der Waals surface area contributed by atoms with Crippen LogP contribution in [0.5, 0.6) is 0 Å². The number of hydrogen-bond acceptors (Lipinski definition) is 2. The zero-order valence-corrected chi connectivity index (χ0v) is 9.32. The molecule has 1 aliphatic carbocycles. The molecule has 15 heavy (non-hydrogen) atoms. The molecular weight excluding hydrogens is 190 g/mol. The molecule has 3 heteroatoms. The van der Waals surface area contributed by atoms with Gasteiger partial charge in [0.15, 0.2) is 0 Å². The highest BCUT2D eigenvalue weighted by Gasteiger charge is 2.33. The van der Waals surface area contributed by atoms with Gasteiger partial charge in [0.2, 0.25) is 0 Å². The molecule has 1 saturated heterocycles. The van der Waals surface area contributed by atoms with Crippen LogP contribution >= 0.6 is 0 Å². The van der Waals surface area contributed by atoms with Crippen molar-refractivity contribution in [3.05, 3.63) is 0 Å². The van der Waals surface area contributed by atoms with E-state index < -0.39 is 5.97 Å². The van der Waals surface area contributed by atoms with Gasteiger partial charge >= 0.3 is 5.97 Å². The van der Waals surface area contributed by atoms with Crippen LogP contribution in [0.2, 0.25) is 0 Å². The molecule has 0 bridgehead atoms. The van der Waals surface area contributed by atoms with Gasteiger partial charge in [-0.25, -0.2) is 0 Å². The minimum atomic E-state index is -0.638. The molecule has 1 aliphatic heterocycles. The maximum absolute atomic E-state index is 10.5. The van der Waals surface area contributed by atoms with Crippen molar-refractivity contribution < 1.29 is 9.90 Å². The molecule has 86 valence electrons. The highest BCUT2D eigenvalue weighted by Crippen LogP contribution is 2.28. The Labute approximate surface area is 91.5 Å². The van der Waals surface area contributed by atoms with Crippen LogP contribution in [0.1, 0.15) is 44.9 Å². The Morgan fingerprint density at radius 3 is 2.27 bits per heavy atom. The first kappa shape index (κ1) is 10.9. The van der Waals surface area contributed by atoms with Gasteiger partial charge in [-0.15, -0.1) is 0 Å². The van der Waals surface area contributed by atoms with Gasteiger partial charge in [-0.05, 0) is 18.8 Å². The van der Waals surface area contributed by atoms with Gasteiger partial charge in [-0.1, -0.05) is 25.7 Å². The number of aliphatic carboxylic acids is 1. The summed E-state index contributed by atoms with van der Waals surface area (Å²) in [5, 5.41) is 8.67. The largest absolute Gasteiger partial charge is 0.481 e. The second kappa shape index (κ2) is 4.97. The average molecular weight is 211 g/mol. The predicted molar refractivity (Wildman–Crippen MR) is 58.8 cm³/mol. The third-order valence-electron chi connectivity index (χ3n) is 3.79. The van der Waals surface area contributed by atoms with Crippen molar-refractivity contribution in [2.45, 2.75) is 51.0 Å². The lowest BCUT2D eigenvalue weighted by molar-refractivity contribution is -0.139. The summed E-state index contributed by atoms with van der Waals surface area (Å²) in [4.78, 5) is 13.0. The molecule has 3 nitrogen and oxygen atoms in total. The first-order valence-corrected chi connectivity index (χ1v) is 6.21. The zero-order valence-electron chi connectivity index (χ0n) is 9.32. The molecule has 2 rings (SSSR count). The van der Waals surface area contributed by atoms with Crippen molar-refractivity contribution in [2.75, 3.05) is 13.1 Å². The molecule has 1 N–H and O–H groups in total. The van der Waals surface area contributed by atoms with Crippen LogP contribution < -0.4 is 0 Å². The fraction of sp³-hybridized carbons (Fsp3) is 0.917. The summed E-state index contributed by atoms with van der Waals surface area (Å²) in [5.74, 6) is -0.216. The maximum atomic E-state index is 10.5. The summed E-state index contributed by atoms with van der Waals surface area (Å²) < 4.78 is 0. The van der Waals surface area contributed by atoms with Gasteiger partial charge < -0.3 is 5.11 Å². The third-order valence-corrected chi connectivity index (χ3v) is 3.79. The molecule has 0 aromatic carbocycles. The van der Waals surface area contributed by atoms with E-state index in [4.69, 9.17) is 5.11 Å². The van der Waals surface area contributed by atoms with E-state index in [-0.39, 0.29) is 0 Å². The summed E-state index contributed by atoms with van der Waals surface area (Å²) in [7, 11) is 0. The molecule has 1 saturated carbocycles. The van der Waals surface area contributed by atoms with Crippen molar-refractivity contribution in [3.8, 4) is 0 Å². The van der Waals surface area contributed by atoms with Crippen LogP contribution in [0.25, 0.3) is 0 Å². The Morgan fingerprint density at radius 1 is 1.13 bits per heavy atom. The van der Waals surface area contributed by atoms with Gasteiger partial charge in [0.05, 0.1) is 6.42 Å². The van der Waals surface area contributed by atoms with E-state index in [1.54, 1.807) is 0 Å². The number of hydrogen-bond donors (Lipinski definition) is 1. The Hall–Kier alpha value is -0.570. The summed E-state index contributed by atoms with van der Waals surface area (Å²) in [6, 6.07) is 0.762. The van der Waals surface area contributed by atoms with Gasteiger partial charge in [0.25, 0.3) is 0 Å². The van der Waals surface area contributed by atoms with Crippen molar-refractivity contribution in [1.29, 1.82) is 0 Å². The van der Waals surface area contributed by atoms with Gasteiger partial charge in [-0.3, -0.25) is 9.69 Å². The Balaban J connectivity index is 1.70. The van der Waals surface area contributed by atoms with E-state index in [0.29, 0.717) is 12.3 Å². The summed E-state index contributed by atoms with van der Waals surface area (Å²) >= 11 is 0. The van der Waals surface area contributed by atoms with E-state index >= 15 is 0 Å². The Kier molecular flexibility index (Phi) is 3.62. The second-order valence-corrected chi connectivity index (χ2v) is 5.06. The van der Waals surface area contributed by atoms with E-state index in [1.165, 1.54) is 38.5 Å². The predicted octanol–water partition coefficient (Wildman–Crippen LogP) is 2.12. The second-order valence-electron chi connectivity index (χ2n) is 5.06. The Bertz CT molecular complexity index is 216. The number of carbonyl (C=O) groups is 1. The number of carboxylic acid groups (broad SMARTS) is 1. The topological polar surface area (TPSA) is 40.5 Å². The molecule has 0 amide bonds. The fourth-order valence-corrected chi connectivity index (χ4v) is 2.91. The van der Waals surface area contributed by atoms with Gasteiger partial charge in [0, 0.05) is 19.1 Å². The van der Waals surface area contributed by atoms with Crippen molar-refractivity contribution in [3.63, 3.8) is 0 Å². The first-order valence-electron chi connectivity index (χ1n) is 6.21. The van der Waals surface area contributed by atoms with Crippen molar-refractivity contribution >= 4 is 5.97 Å². The minimum Gasteiger partial charge on any atom is -0.481 e. The molecule has 0 aromatic rings. The van der Waals surface area contributed by atoms with E-state index in [0.717, 1.165) is 19.1 Å². The highest BCUT2D eigenvalue weighted by molar-refractivity contribution is 5.67. The Morgan fingerprint density at radius 2 is 1.73 bits per heavy atom. The summed E-state index contributed by atoms with van der Waals surface area (Å²) in [5.41, 5.74) is 0. The molecule has 0 spiro atoms. The third kappa shape index (κ3) is 2.94. The number of carboxylic acids is 1. The quantitative estimate of drug-likeness (QED) is 0.727. The van der Waals surface area contributed by atoms with Gasteiger partial charge in [0.1, 0.15) is 0 Å². The van der Waals surface area contributed by atoms with Crippen LogP contribution in [0.15, 0.2) is 0 Å². The molecule has 0 radical (unpaired) electrons. The highest BCUT2D eigenvalue weighted by atomic mass is 16.4. The van der Waals surface area contributed by atoms with E-state index in [2.05, 4.69) is 4.90 Å². The lowest BCUT2D eigenvalue weighted by atomic mass is 9.92.